The van der Waals surface area contributed by atoms with Gasteiger partial charge in [0.05, 0.1) is 18.8 Å². The Morgan fingerprint density at radius 3 is 2.63 bits per heavy atom. The third-order valence-corrected chi connectivity index (χ3v) is 3.01. The topological polar surface area (TPSA) is 36.3 Å². The summed E-state index contributed by atoms with van der Waals surface area (Å²) in [6.45, 7) is 6.04. The zero-order chi connectivity index (χ0) is 14.0. The van der Waals surface area contributed by atoms with Gasteiger partial charge in [-0.15, -0.1) is 5.10 Å². The summed E-state index contributed by atoms with van der Waals surface area (Å²) in [5.74, 6) is 1.50. The summed E-state index contributed by atoms with van der Waals surface area (Å²) in [4.78, 5) is 0. The molecule has 0 N–H and O–H groups in total. The number of ether oxygens (including phenoxy) is 2. The van der Waals surface area contributed by atoms with Crippen LogP contribution in [-0.4, -0.2) is 23.0 Å². The average molecular weight is 260 g/mol. The van der Waals surface area contributed by atoms with E-state index in [9.17, 15) is 0 Å². The van der Waals surface area contributed by atoms with Gasteiger partial charge in [-0.25, -0.2) is 0 Å². The zero-order valence-corrected chi connectivity index (χ0v) is 12.1. The van der Waals surface area contributed by atoms with Crippen molar-refractivity contribution in [1.29, 1.82) is 0 Å². The van der Waals surface area contributed by atoms with Crippen LogP contribution in [0.15, 0.2) is 24.3 Å². The van der Waals surface area contributed by atoms with Crippen LogP contribution in [0.5, 0.6) is 11.6 Å². The summed E-state index contributed by atoms with van der Waals surface area (Å²) in [5.41, 5.74) is 3.15. The second-order valence-corrected chi connectivity index (χ2v) is 4.79. The molecule has 0 bridgehead atoms. The lowest BCUT2D eigenvalue weighted by atomic mass is 10.1. The van der Waals surface area contributed by atoms with Crippen LogP contribution in [0.1, 0.15) is 19.5 Å². The molecule has 0 saturated heterocycles. The van der Waals surface area contributed by atoms with Crippen molar-refractivity contribution in [3.63, 3.8) is 0 Å². The van der Waals surface area contributed by atoms with Gasteiger partial charge >= 0.3 is 0 Å². The molecular formula is C15H20N2O2. The van der Waals surface area contributed by atoms with Crippen molar-refractivity contribution in [2.24, 2.45) is 7.05 Å². The monoisotopic (exact) mass is 260 g/mol. The van der Waals surface area contributed by atoms with Gasteiger partial charge in [-0.2, -0.15) is 0 Å². The Bertz CT molecular complexity index is 574. The first-order chi connectivity index (χ1) is 9.02. The van der Waals surface area contributed by atoms with E-state index < -0.39 is 0 Å². The van der Waals surface area contributed by atoms with Gasteiger partial charge < -0.3 is 9.47 Å². The highest BCUT2D eigenvalue weighted by Gasteiger charge is 2.17. The van der Waals surface area contributed by atoms with Crippen molar-refractivity contribution in [1.82, 2.24) is 9.78 Å². The molecule has 1 aromatic heterocycles. The highest BCUT2D eigenvalue weighted by Crippen LogP contribution is 2.34. The molecule has 19 heavy (non-hydrogen) atoms. The molecule has 0 aliphatic carbocycles. The lowest BCUT2D eigenvalue weighted by Crippen LogP contribution is -2.07. The number of nitrogens with zero attached hydrogens (tertiary/aromatic N) is 2. The second-order valence-electron chi connectivity index (χ2n) is 4.79. The molecule has 102 valence electrons. The maximum Gasteiger partial charge on any atom is 0.241 e. The Labute approximate surface area is 114 Å². The van der Waals surface area contributed by atoms with Crippen molar-refractivity contribution in [3.8, 4) is 22.8 Å². The van der Waals surface area contributed by atoms with E-state index in [4.69, 9.17) is 9.47 Å². The molecule has 0 saturated carbocycles. The number of benzene rings is 1. The predicted molar refractivity (Wildman–Crippen MR) is 75.7 cm³/mol. The quantitative estimate of drug-likeness (QED) is 0.847. The molecule has 0 aliphatic rings. The molecule has 1 heterocycles. The van der Waals surface area contributed by atoms with E-state index in [2.05, 4.69) is 5.10 Å². The fourth-order valence-corrected chi connectivity index (χ4v) is 1.99. The van der Waals surface area contributed by atoms with E-state index in [1.54, 1.807) is 7.11 Å². The number of rotatable bonds is 4. The molecular weight excluding hydrogens is 240 g/mol. The average Bonchev–Trinajstić information content (AvgIpc) is 2.64. The molecule has 0 fully saturated rings. The van der Waals surface area contributed by atoms with Crippen molar-refractivity contribution in [2.75, 3.05) is 7.11 Å². The fourth-order valence-electron chi connectivity index (χ4n) is 1.99. The number of hydrogen-bond donors (Lipinski definition) is 0. The third kappa shape index (κ3) is 2.72. The van der Waals surface area contributed by atoms with Crippen LogP contribution in [0, 0.1) is 6.92 Å². The van der Waals surface area contributed by atoms with Gasteiger partial charge in [0.15, 0.2) is 0 Å². The first-order valence-electron chi connectivity index (χ1n) is 6.37. The van der Waals surface area contributed by atoms with Crippen molar-refractivity contribution in [2.45, 2.75) is 26.9 Å². The molecule has 2 aromatic rings. The van der Waals surface area contributed by atoms with Gasteiger partial charge in [0.25, 0.3) is 0 Å². The van der Waals surface area contributed by atoms with Gasteiger partial charge in [0.2, 0.25) is 5.88 Å². The molecule has 4 nitrogen and oxygen atoms in total. The lowest BCUT2D eigenvalue weighted by molar-refractivity contribution is 0.231. The predicted octanol–water partition coefficient (Wildman–Crippen LogP) is 3.19. The largest absolute Gasteiger partial charge is 0.497 e. The maximum absolute atomic E-state index is 5.80. The van der Waals surface area contributed by atoms with Gasteiger partial charge in [0.1, 0.15) is 5.75 Å². The normalized spacial score (nSPS) is 10.8. The van der Waals surface area contributed by atoms with Gasteiger partial charge in [-0.3, -0.25) is 4.68 Å². The van der Waals surface area contributed by atoms with Crippen molar-refractivity contribution >= 4 is 0 Å². The molecule has 0 amide bonds. The summed E-state index contributed by atoms with van der Waals surface area (Å²) in [6.07, 6.45) is 0.0960. The number of hydrogen-bond acceptors (Lipinski definition) is 3. The molecule has 2 rings (SSSR count). The van der Waals surface area contributed by atoms with Crippen LogP contribution in [-0.2, 0) is 7.05 Å². The highest BCUT2D eigenvalue weighted by molar-refractivity contribution is 5.72. The summed E-state index contributed by atoms with van der Waals surface area (Å²) >= 11 is 0. The Kier molecular flexibility index (Phi) is 3.79. The highest BCUT2D eigenvalue weighted by atomic mass is 16.5. The molecule has 0 atom stereocenters. The number of aryl methyl sites for hydroxylation is 1. The Balaban J connectivity index is 2.53. The minimum atomic E-state index is 0.0960. The van der Waals surface area contributed by atoms with Crippen molar-refractivity contribution in [3.05, 3.63) is 30.0 Å². The van der Waals surface area contributed by atoms with E-state index in [1.807, 2.05) is 56.8 Å². The Morgan fingerprint density at radius 2 is 2.00 bits per heavy atom. The van der Waals surface area contributed by atoms with Crippen LogP contribution in [0.3, 0.4) is 0 Å². The first kappa shape index (κ1) is 13.5. The van der Waals surface area contributed by atoms with Gasteiger partial charge in [-0.05, 0) is 38.5 Å². The van der Waals surface area contributed by atoms with E-state index in [-0.39, 0.29) is 6.10 Å². The molecule has 4 heteroatoms. The fraction of sp³-hybridized carbons (Fsp3) is 0.400. The van der Waals surface area contributed by atoms with Crippen LogP contribution in [0.2, 0.25) is 0 Å². The summed E-state index contributed by atoms with van der Waals surface area (Å²) in [7, 11) is 3.59. The third-order valence-electron chi connectivity index (χ3n) is 3.01. The summed E-state index contributed by atoms with van der Waals surface area (Å²) < 4.78 is 12.9. The van der Waals surface area contributed by atoms with Crippen LogP contribution in [0.25, 0.3) is 11.1 Å². The van der Waals surface area contributed by atoms with Gasteiger partial charge in [-0.1, -0.05) is 12.1 Å². The van der Waals surface area contributed by atoms with Crippen LogP contribution in [0.4, 0.5) is 0 Å². The van der Waals surface area contributed by atoms with Crippen LogP contribution >= 0.6 is 0 Å². The molecule has 0 spiro atoms. The Hall–Kier alpha value is -1.97. The molecule has 0 radical (unpaired) electrons. The molecule has 1 aromatic carbocycles. The maximum atomic E-state index is 5.80. The second kappa shape index (κ2) is 5.34. The van der Waals surface area contributed by atoms with E-state index in [1.165, 1.54) is 0 Å². The summed E-state index contributed by atoms with van der Waals surface area (Å²) in [6, 6.07) is 7.94. The van der Waals surface area contributed by atoms with E-state index in [0.717, 1.165) is 22.6 Å². The van der Waals surface area contributed by atoms with Crippen LogP contribution < -0.4 is 9.47 Å². The minimum absolute atomic E-state index is 0.0960. The standard InChI is InChI=1S/C15H20N2O2/c1-10(2)19-15-14(11(3)17(4)16-15)12-7-6-8-13(9-12)18-5/h6-10H,1-5H3. The van der Waals surface area contributed by atoms with E-state index in [0.29, 0.717) is 5.88 Å². The summed E-state index contributed by atoms with van der Waals surface area (Å²) in [5, 5.41) is 4.44. The Morgan fingerprint density at radius 1 is 1.26 bits per heavy atom. The molecule has 0 unspecified atom stereocenters. The van der Waals surface area contributed by atoms with E-state index >= 15 is 0 Å². The minimum Gasteiger partial charge on any atom is -0.497 e. The number of methoxy groups -OCH3 is 1. The molecule has 0 aliphatic heterocycles. The number of aromatic nitrogens is 2. The first-order valence-corrected chi connectivity index (χ1v) is 6.37. The van der Waals surface area contributed by atoms with Crippen molar-refractivity contribution < 1.29 is 9.47 Å². The van der Waals surface area contributed by atoms with Gasteiger partial charge in [0, 0.05) is 12.7 Å². The lowest BCUT2D eigenvalue weighted by Gasteiger charge is -2.10. The SMILES string of the molecule is COc1cccc(-c2c(OC(C)C)nn(C)c2C)c1. The zero-order valence-electron chi connectivity index (χ0n) is 12.1. The smallest absolute Gasteiger partial charge is 0.241 e.